The second kappa shape index (κ2) is 43.9. The lowest BCUT2D eigenvalue weighted by molar-refractivity contribution is -0.284. The number of halogens is 2. The van der Waals surface area contributed by atoms with Crippen molar-refractivity contribution < 1.29 is 157 Å². The maximum atomic E-state index is 17.2. The van der Waals surface area contributed by atoms with E-state index in [0.717, 1.165) is 111 Å². The number of aliphatic hydroxyl groups excluding tert-OH is 10. The van der Waals surface area contributed by atoms with Crippen molar-refractivity contribution in [3.8, 4) is 80.1 Å². The fourth-order valence-corrected chi connectivity index (χ4v) is 17.7. The zero-order valence-corrected chi connectivity index (χ0v) is 76.4. The molecule has 3 fully saturated rings. The van der Waals surface area contributed by atoms with E-state index >= 15 is 28.8 Å². The van der Waals surface area contributed by atoms with Crippen LogP contribution >= 0.6 is 23.2 Å². The molecule has 3 saturated heterocycles. The first-order valence-corrected chi connectivity index (χ1v) is 45.3. The quantitative estimate of drug-likeness (QED) is 0.0397. The highest BCUT2D eigenvalue weighted by Gasteiger charge is 2.52. The van der Waals surface area contributed by atoms with Crippen LogP contribution in [0.4, 0.5) is 0 Å². The molecule has 16 rings (SSSR count). The minimum Gasteiger partial charge on any atom is -0.508 e. The maximum absolute atomic E-state index is 17.2. The molecular formula is C93H109Cl2N11O32. The number of rotatable bonds is 23. The van der Waals surface area contributed by atoms with Gasteiger partial charge in [0, 0.05) is 49.6 Å². The van der Waals surface area contributed by atoms with Crippen LogP contribution in [0.1, 0.15) is 141 Å². The summed E-state index contributed by atoms with van der Waals surface area (Å²) in [6, 6.07) is 1.95. The molecule has 17 bridgehead atoms. The van der Waals surface area contributed by atoms with E-state index in [1.54, 1.807) is 19.0 Å². The normalized spacial score (nSPS) is 28.2. The predicted molar refractivity (Wildman–Crippen MR) is 482 cm³/mol. The molecule has 9 amide bonds. The summed E-state index contributed by atoms with van der Waals surface area (Å²) >= 11 is 14.9. The Labute approximate surface area is 798 Å². The van der Waals surface area contributed by atoms with Gasteiger partial charge in [0.25, 0.3) is 0 Å². The standard InChI is InChI=1S/C93H109Cl2N11O32/c1-38(2)11-8-6-7-9-12-65(115)100-73-79(120)76(117)63(36-108)135-92(73)138-83-60-30-45-31-61(83)132-57-20-16-43(28-52(57)95)82(137-91-72(98-39(3)110)78(119)75(116)62(35-107)134-91)74-90(129)104-71(86(125)97-21-10-22-106(4)5)50-33-47(112)34-59(133-93-81(122)80(121)77(118)64(37-109)136-93)66(50)49-27-42(15-17-54(49)113)68(87(126)105-74)102-89(128)70(45)103-88(127)69-44-25-46(111)32-48(26-44)130-58-29-41(14-18-55(58)114)67(96)85(124)99-53(84(123)101-69)24-40-13-19-56(131-60)51(94)23-40/h13-20,23,25-34,38,53,62-64,67-82,91-93,107-109,111-114,116-122H,6-12,21-22,24,35-37,96H2,1-5H3,(H,97,125)(H,98,110)(H,99,124)(H,100,115)(H,101,123)(H,102,128)(H,103,127)(H,104,129)(H,105,126)/t53-,62-,63-,64-,67+,68-,69+,70-,71-,72-,73-,74+,75-,76-,77-,78-,79-,80+,81+,82-,91+,92+,93+/m1/s1. The van der Waals surface area contributed by atoms with Gasteiger partial charge in [0.05, 0.1) is 29.9 Å². The predicted octanol–water partition coefficient (Wildman–Crippen LogP) is 1.00. The van der Waals surface area contributed by atoms with Crippen molar-refractivity contribution in [3.63, 3.8) is 0 Å². The molecule has 7 aromatic rings. The average molecular weight is 1960 g/mol. The summed E-state index contributed by atoms with van der Waals surface area (Å²) < 4.78 is 58.2. The first-order chi connectivity index (χ1) is 65.8. The van der Waals surface area contributed by atoms with Gasteiger partial charge in [-0.05, 0) is 157 Å². The number of phenols is 4. The number of nitrogens with one attached hydrogen (secondary N) is 9. The number of amides is 9. The Balaban J connectivity index is 1.05. The molecule has 25 N–H and O–H groups in total. The molecule has 9 aliphatic rings. The minimum atomic E-state index is -2.52. The SMILES string of the molecule is CC(=O)N[C@H]1[C@H](O[C@@H]2c3ccc(c(Cl)c3)Oc3cc4cc(c3O[C@@H]3O[C@H](CO)[C@@H](O)[C@H](O)[C@H]3NC(=O)CCCCCCC(C)C)Oc3ccc(cc3Cl)C[C@H]3NC(=O)[C@@H](N)c5ccc(O)c(c5)Oc5cc(O)cc(c5)[C@H](NC3=O)C(=O)N[C@H]4C(=O)N[C@H]3C(=O)N[C@@H]2C(=O)N[C@@H](C(=O)NCCCN(C)C)c2cc(O)cc(O[C@H]4O[C@H](CO)[C@@H](O)[C@H](O)[C@@H]4O)c2-c2cc3ccc2O)O[C@H](CO)[C@@H](O)[C@@H]1O. The molecule has 0 radical (unpaired) electrons. The number of benzene rings is 7. The van der Waals surface area contributed by atoms with E-state index in [0.29, 0.717) is 25.3 Å². The molecule has 0 saturated carbocycles. The third kappa shape index (κ3) is 22.9. The van der Waals surface area contributed by atoms with Crippen LogP contribution in [0.15, 0.2) is 115 Å². The van der Waals surface area contributed by atoms with Gasteiger partial charge in [-0.3, -0.25) is 43.2 Å². The summed E-state index contributed by atoms with van der Waals surface area (Å²) in [5.41, 5.74) is 3.43. The summed E-state index contributed by atoms with van der Waals surface area (Å²) in [4.78, 5) is 143. The number of phenolic OH excluding ortho intramolecular Hbond substituents is 4. The topological polar surface area (TPSA) is 657 Å². The Morgan fingerprint density at radius 1 is 0.514 bits per heavy atom. The Bertz CT molecular complexity index is 5710. The number of hydrogen-bond acceptors (Lipinski definition) is 34. The first-order valence-electron chi connectivity index (χ1n) is 44.5. The third-order valence-corrected chi connectivity index (χ3v) is 25.1. The summed E-state index contributed by atoms with van der Waals surface area (Å²) in [6.07, 6.45) is -25.4. The molecule has 742 valence electrons. The highest BCUT2D eigenvalue weighted by molar-refractivity contribution is 6.32. The average Bonchev–Trinajstić information content (AvgIpc) is 0.752. The zero-order valence-electron chi connectivity index (χ0n) is 74.9. The number of ether oxygens (including phenoxy) is 9. The Morgan fingerprint density at radius 2 is 1.08 bits per heavy atom. The number of aliphatic hydroxyl groups is 10. The number of nitrogens with zero attached hydrogens (tertiary/aromatic N) is 1. The van der Waals surface area contributed by atoms with Crippen LogP contribution in [-0.4, -0.2) is 281 Å². The molecule has 138 heavy (non-hydrogen) atoms. The number of carbonyl (C=O) groups excluding carboxylic acids is 9. The van der Waals surface area contributed by atoms with Crippen molar-refractivity contribution in [1.82, 2.24) is 52.8 Å². The number of unbranched alkanes of at least 4 members (excludes halogenated alkanes) is 3. The number of carbonyl (C=O) groups is 9. The van der Waals surface area contributed by atoms with Crippen LogP contribution in [0.25, 0.3) is 11.1 Å². The first kappa shape index (κ1) is 102. The van der Waals surface area contributed by atoms with E-state index in [1.165, 1.54) is 30.3 Å². The molecule has 23 atom stereocenters. The van der Waals surface area contributed by atoms with E-state index in [4.69, 9.17) is 71.6 Å². The third-order valence-electron chi connectivity index (χ3n) is 24.5. The van der Waals surface area contributed by atoms with Gasteiger partial charge in [-0.25, -0.2) is 0 Å². The molecule has 9 aliphatic heterocycles. The van der Waals surface area contributed by atoms with Gasteiger partial charge < -0.3 is 173 Å². The lowest BCUT2D eigenvalue weighted by Crippen LogP contribution is -2.65. The highest BCUT2D eigenvalue weighted by atomic mass is 35.5. The van der Waals surface area contributed by atoms with E-state index in [2.05, 4.69) is 61.7 Å². The molecule has 43 nitrogen and oxygen atoms in total. The number of aromatic hydroxyl groups is 4. The minimum absolute atomic E-state index is 0.0334. The van der Waals surface area contributed by atoms with Crippen LogP contribution < -0.4 is 77.3 Å². The van der Waals surface area contributed by atoms with Gasteiger partial charge in [0.2, 0.25) is 71.5 Å². The van der Waals surface area contributed by atoms with E-state index in [-0.39, 0.29) is 63.9 Å². The van der Waals surface area contributed by atoms with Gasteiger partial charge in [0.1, 0.15) is 162 Å². The molecule has 0 spiro atoms. The van der Waals surface area contributed by atoms with Gasteiger partial charge >= 0.3 is 0 Å². The van der Waals surface area contributed by atoms with E-state index in [1.807, 2.05) is 0 Å². The summed E-state index contributed by atoms with van der Waals surface area (Å²) in [5, 5.41) is 184. The van der Waals surface area contributed by atoms with E-state index in [9.17, 15) is 85.9 Å². The van der Waals surface area contributed by atoms with Crippen LogP contribution in [0.5, 0.6) is 69.0 Å². The van der Waals surface area contributed by atoms with Crippen molar-refractivity contribution in [2.45, 2.75) is 213 Å². The van der Waals surface area contributed by atoms with Gasteiger partial charge in [-0.15, -0.1) is 0 Å². The number of hydrogen-bond donors (Lipinski definition) is 24. The fourth-order valence-electron chi connectivity index (χ4n) is 17.2. The molecule has 0 aliphatic carbocycles. The zero-order chi connectivity index (χ0) is 99.3. The van der Waals surface area contributed by atoms with Crippen molar-refractivity contribution in [3.05, 3.63) is 164 Å². The largest absolute Gasteiger partial charge is 0.508 e. The van der Waals surface area contributed by atoms with Crippen molar-refractivity contribution in [2.75, 3.05) is 47.0 Å². The van der Waals surface area contributed by atoms with Gasteiger partial charge in [-0.2, -0.15) is 0 Å². The Morgan fingerprint density at radius 3 is 1.72 bits per heavy atom. The van der Waals surface area contributed by atoms with Gasteiger partial charge in [-0.1, -0.05) is 87.0 Å². The number of nitrogens with two attached hydrogens (primary N) is 1. The fraction of sp³-hybridized carbons (Fsp3) is 0.452. The summed E-state index contributed by atoms with van der Waals surface area (Å²) in [6.45, 7) is 2.23. The second-order valence-corrected chi connectivity index (χ2v) is 36.1. The molecule has 0 unspecified atom stereocenters. The van der Waals surface area contributed by atoms with Crippen LogP contribution in [-0.2, 0) is 68.5 Å². The second-order valence-electron chi connectivity index (χ2n) is 35.3. The van der Waals surface area contributed by atoms with Crippen molar-refractivity contribution >= 4 is 76.4 Å². The molecule has 45 heteroatoms. The highest BCUT2D eigenvalue weighted by Crippen LogP contribution is 2.51. The van der Waals surface area contributed by atoms with Crippen molar-refractivity contribution in [2.24, 2.45) is 11.7 Å². The van der Waals surface area contributed by atoms with Crippen LogP contribution in [0.3, 0.4) is 0 Å². The van der Waals surface area contributed by atoms with Gasteiger partial charge in [0.15, 0.2) is 29.3 Å². The maximum Gasteiger partial charge on any atom is 0.248 e. The van der Waals surface area contributed by atoms with E-state index < -0.39 is 304 Å². The lowest BCUT2D eigenvalue weighted by Gasteiger charge is -2.44. The molecule has 9 heterocycles. The monoisotopic (exact) mass is 1960 g/mol. The molecule has 7 aromatic carbocycles. The molecule has 0 aromatic heterocycles. The Hall–Kier alpha value is -12.1. The smallest absolute Gasteiger partial charge is 0.248 e. The lowest BCUT2D eigenvalue weighted by atomic mass is 9.89. The Kier molecular flexibility index (Phi) is 32.4. The summed E-state index contributed by atoms with van der Waals surface area (Å²) in [7, 11) is 3.48. The van der Waals surface area contributed by atoms with Crippen LogP contribution in [0, 0.1) is 5.92 Å². The number of fused-ring (bicyclic) bond motifs is 14. The van der Waals surface area contributed by atoms with Crippen LogP contribution in [0.2, 0.25) is 10.0 Å². The molecular weight excluding hydrogens is 1850 g/mol. The summed E-state index contributed by atoms with van der Waals surface area (Å²) in [5.74, 6) is -17.6. The van der Waals surface area contributed by atoms with Crippen molar-refractivity contribution in [1.29, 1.82) is 0 Å².